The van der Waals surface area contributed by atoms with Gasteiger partial charge in [-0.05, 0) is 40.8 Å². The van der Waals surface area contributed by atoms with Crippen LogP contribution in [-0.4, -0.2) is 12.5 Å². The third kappa shape index (κ3) is 2.12. The van der Waals surface area contributed by atoms with E-state index >= 15 is 0 Å². The molecule has 1 aromatic heterocycles. The smallest absolute Gasteiger partial charge is 0.288 e. The summed E-state index contributed by atoms with van der Waals surface area (Å²) in [6, 6.07) is 1.71. The summed E-state index contributed by atoms with van der Waals surface area (Å²) < 4.78 is 5.73. The molecule has 0 aliphatic heterocycles. The highest BCUT2D eigenvalue weighted by atomic mass is 79.9. The van der Waals surface area contributed by atoms with Crippen LogP contribution in [0.3, 0.4) is 0 Å². The molecular weight excluding hydrogens is 234 g/mol. The van der Waals surface area contributed by atoms with E-state index in [0.29, 0.717) is 16.2 Å². The predicted molar refractivity (Wildman–Crippen MR) is 51.5 cm³/mol. The van der Waals surface area contributed by atoms with Gasteiger partial charge in [-0.2, -0.15) is 0 Å². The molecule has 1 aromatic rings. The van der Waals surface area contributed by atoms with Crippen molar-refractivity contribution >= 4 is 21.8 Å². The van der Waals surface area contributed by atoms with Gasteiger partial charge in [-0.3, -0.25) is 4.79 Å². The number of nitrogens with one attached hydrogen (secondary N) is 1. The number of furan rings is 1. The van der Waals surface area contributed by atoms with Gasteiger partial charge in [0.05, 0.1) is 10.7 Å². The summed E-state index contributed by atoms with van der Waals surface area (Å²) in [7, 11) is 0. The maximum Gasteiger partial charge on any atom is 0.288 e. The normalized spacial score (nSPS) is 15.8. The molecule has 0 radical (unpaired) electrons. The minimum absolute atomic E-state index is 0.135. The second kappa shape index (κ2) is 3.54. The molecule has 1 N–H and O–H groups in total. The fraction of sp³-hybridized carbons (Fsp3) is 0.444. The first-order valence-electron chi connectivity index (χ1n) is 4.28. The van der Waals surface area contributed by atoms with Crippen LogP contribution >= 0.6 is 15.9 Å². The van der Waals surface area contributed by atoms with Crippen molar-refractivity contribution in [3.05, 3.63) is 22.6 Å². The maximum atomic E-state index is 11.4. The fourth-order valence-electron chi connectivity index (χ4n) is 1.10. The van der Waals surface area contributed by atoms with Crippen LogP contribution < -0.4 is 5.32 Å². The van der Waals surface area contributed by atoms with Gasteiger partial charge in [0.2, 0.25) is 5.76 Å². The van der Waals surface area contributed by atoms with E-state index in [1.54, 1.807) is 6.07 Å². The molecule has 1 heterocycles. The summed E-state index contributed by atoms with van der Waals surface area (Å²) in [5.74, 6) is 0.919. The van der Waals surface area contributed by atoms with Gasteiger partial charge in [-0.1, -0.05) is 0 Å². The van der Waals surface area contributed by atoms with Crippen LogP contribution in [0.5, 0.6) is 0 Å². The molecule has 1 aliphatic carbocycles. The van der Waals surface area contributed by atoms with Gasteiger partial charge in [-0.15, -0.1) is 0 Å². The van der Waals surface area contributed by atoms with Gasteiger partial charge in [0.15, 0.2) is 0 Å². The number of hydrogen-bond acceptors (Lipinski definition) is 2. The lowest BCUT2D eigenvalue weighted by atomic mass is 10.4. The zero-order valence-electron chi connectivity index (χ0n) is 7.05. The molecule has 1 fully saturated rings. The van der Waals surface area contributed by atoms with Crippen molar-refractivity contribution in [1.29, 1.82) is 0 Å². The monoisotopic (exact) mass is 243 g/mol. The summed E-state index contributed by atoms with van der Waals surface area (Å²) in [4.78, 5) is 11.4. The van der Waals surface area contributed by atoms with Crippen LogP contribution in [-0.2, 0) is 0 Å². The molecule has 0 unspecified atom stereocenters. The van der Waals surface area contributed by atoms with Crippen molar-refractivity contribution in [3.8, 4) is 0 Å². The van der Waals surface area contributed by atoms with Crippen molar-refractivity contribution in [2.24, 2.45) is 5.92 Å². The molecule has 13 heavy (non-hydrogen) atoms. The lowest BCUT2D eigenvalue weighted by Gasteiger charge is -2.00. The Bertz CT molecular complexity index is 317. The van der Waals surface area contributed by atoms with E-state index in [1.807, 2.05) is 0 Å². The molecule has 0 atom stereocenters. The Hall–Kier alpha value is -0.770. The molecule has 3 nitrogen and oxygen atoms in total. The first-order valence-corrected chi connectivity index (χ1v) is 5.08. The molecule has 0 spiro atoms. The Labute approximate surface area is 84.6 Å². The van der Waals surface area contributed by atoms with Gasteiger partial charge in [-0.25, -0.2) is 0 Å². The average Bonchev–Trinajstić information content (AvgIpc) is 2.84. The number of halogens is 1. The van der Waals surface area contributed by atoms with Crippen LogP contribution in [0, 0.1) is 5.92 Å². The van der Waals surface area contributed by atoms with Gasteiger partial charge < -0.3 is 9.73 Å². The average molecular weight is 244 g/mol. The Balaban J connectivity index is 1.92. The van der Waals surface area contributed by atoms with Crippen molar-refractivity contribution < 1.29 is 9.21 Å². The van der Waals surface area contributed by atoms with Gasteiger partial charge in [0.25, 0.3) is 5.91 Å². The Morgan fingerprint density at radius 2 is 2.46 bits per heavy atom. The van der Waals surface area contributed by atoms with E-state index < -0.39 is 0 Å². The first-order chi connectivity index (χ1) is 6.27. The molecule has 1 saturated carbocycles. The van der Waals surface area contributed by atoms with E-state index in [0.717, 1.165) is 6.54 Å². The van der Waals surface area contributed by atoms with Crippen molar-refractivity contribution in [1.82, 2.24) is 5.32 Å². The quantitative estimate of drug-likeness (QED) is 0.885. The standard InChI is InChI=1S/C9H10BrNO2/c10-7-3-4-13-8(7)9(12)11-5-6-1-2-6/h3-4,6H,1-2,5H2,(H,11,12). The molecular formula is C9H10BrNO2. The number of hydrogen-bond donors (Lipinski definition) is 1. The van der Waals surface area contributed by atoms with E-state index in [9.17, 15) is 4.79 Å². The van der Waals surface area contributed by atoms with Crippen LogP contribution in [0.2, 0.25) is 0 Å². The zero-order chi connectivity index (χ0) is 9.26. The minimum Gasteiger partial charge on any atom is -0.458 e. The zero-order valence-corrected chi connectivity index (χ0v) is 8.63. The van der Waals surface area contributed by atoms with E-state index in [2.05, 4.69) is 21.2 Å². The van der Waals surface area contributed by atoms with Crippen molar-refractivity contribution in [2.75, 3.05) is 6.54 Å². The summed E-state index contributed by atoms with van der Waals surface area (Å²) in [6.07, 6.45) is 3.97. The first kappa shape index (κ1) is 8.81. The maximum absolute atomic E-state index is 11.4. The van der Waals surface area contributed by atoms with Crippen molar-refractivity contribution in [2.45, 2.75) is 12.8 Å². The van der Waals surface area contributed by atoms with E-state index in [-0.39, 0.29) is 5.91 Å². The van der Waals surface area contributed by atoms with Gasteiger partial charge in [0.1, 0.15) is 0 Å². The Morgan fingerprint density at radius 3 is 3.00 bits per heavy atom. The fourth-order valence-corrected chi connectivity index (χ4v) is 1.48. The highest BCUT2D eigenvalue weighted by molar-refractivity contribution is 9.10. The number of rotatable bonds is 3. The lowest BCUT2D eigenvalue weighted by molar-refractivity contribution is 0.0923. The lowest BCUT2D eigenvalue weighted by Crippen LogP contribution is -2.25. The molecule has 1 aliphatic rings. The number of amides is 1. The summed E-state index contributed by atoms with van der Waals surface area (Å²) in [5, 5.41) is 2.83. The minimum atomic E-state index is -0.135. The number of carbonyl (C=O) groups excluding carboxylic acids is 1. The third-order valence-electron chi connectivity index (χ3n) is 2.07. The van der Waals surface area contributed by atoms with Crippen LogP contribution in [0.1, 0.15) is 23.4 Å². The molecule has 70 valence electrons. The summed E-state index contributed by atoms with van der Waals surface area (Å²) in [6.45, 7) is 0.770. The molecule has 4 heteroatoms. The predicted octanol–water partition coefficient (Wildman–Crippen LogP) is 2.18. The molecule has 0 saturated heterocycles. The Kier molecular flexibility index (Phi) is 2.40. The van der Waals surface area contributed by atoms with Crippen molar-refractivity contribution in [3.63, 3.8) is 0 Å². The van der Waals surface area contributed by atoms with E-state index in [4.69, 9.17) is 4.42 Å². The summed E-state index contributed by atoms with van der Waals surface area (Å²) in [5.41, 5.74) is 0. The van der Waals surface area contributed by atoms with Crippen LogP contribution in [0.15, 0.2) is 21.2 Å². The molecule has 0 bridgehead atoms. The van der Waals surface area contributed by atoms with Gasteiger partial charge in [0, 0.05) is 6.54 Å². The summed E-state index contributed by atoms with van der Waals surface area (Å²) >= 11 is 3.23. The van der Waals surface area contributed by atoms with E-state index in [1.165, 1.54) is 19.1 Å². The second-order valence-corrected chi connectivity index (χ2v) is 4.11. The SMILES string of the molecule is O=C(NCC1CC1)c1occc1Br. The highest BCUT2D eigenvalue weighted by Gasteiger charge is 2.23. The molecule has 2 rings (SSSR count). The molecule has 0 aromatic carbocycles. The third-order valence-corrected chi connectivity index (χ3v) is 2.70. The van der Waals surface area contributed by atoms with Crippen LogP contribution in [0.4, 0.5) is 0 Å². The molecule has 1 amide bonds. The number of carbonyl (C=O) groups is 1. The van der Waals surface area contributed by atoms with Gasteiger partial charge >= 0.3 is 0 Å². The topological polar surface area (TPSA) is 42.2 Å². The largest absolute Gasteiger partial charge is 0.458 e. The van der Waals surface area contributed by atoms with Crippen LogP contribution in [0.25, 0.3) is 0 Å². The Morgan fingerprint density at radius 1 is 1.69 bits per heavy atom. The second-order valence-electron chi connectivity index (χ2n) is 3.25. The highest BCUT2D eigenvalue weighted by Crippen LogP contribution is 2.27.